The number of allylic oxidation sites excluding steroid dienone is 6. The van der Waals surface area contributed by atoms with Gasteiger partial charge in [-0.05, 0) is 30.7 Å². The van der Waals surface area contributed by atoms with Crippen molar-refractivity contribution in [3.8, 4) is 0 Å². The smallest absolute Gasteiger partial charge is 0.335 e. The van der Waals surface area contributed by atoms with Crippen molar-refractivity contribution in [2.24, 2.45) is 0 Å². The number of carbonyl (C=O) groups is 1. The minimum atomic E-state index is -0.985. The summed E-state index contributed by atoms with van der Waals surface area (Å²) in [6.07, 6.45) is 10.8. The van der Waals surface area contributed by atoms with Crippen LogP contribution in [0.3, 0.4) is 0 Å². The van der Waals surface area contributed by atoms with Crippen molar-refractivity contribution in [2.45, 2.75) is 6.92 Å². The zero-order valence-corrected chi connectivity index (χ0v) is 13.0. The highest BCUT2D eigenvalue weighted by Gasteiger charge is 2.12. The molecule has 0 aliphatic rings. The molecule has 1 aromatic carbocycles. The van der Waals surface area contributed by atoms with Gasteiger partial charge in [0.05, 0.1) is 17.3 Å². The lowest BCUT2D eigenvalue weighted by Crippen LogP contribution is -1.97. The minimum Gasteiger partial charge on any atom is -0.478 e. The van der Waals surface area contributed by atoms with Crippen LogP contribution in [-0.2, 0) is 0 Å². The van der Waals surface area contributed by atoms with E-state index in [1.807, 2.05) is 31.2 Å². The number of hydrogen-bond donors (Lipinski definition) is 3. The molecule has 2 aromatic rings. The van der Waals surface area contributed by atoms with Gasteiger partial charge in [-0.3, -0.25) is 5.10 Å². The van der Waals surface area contributed by atoms with Crippen LogP contribution in [0.15, 0.2) is 60.9 Å². The van der Waals surface area contributed by atoms with Gasteiger partial charge in [-0.1, -0.05) is 30.9 Å². The van der Waals surface area contributed by atoms with E-state index in [9.17, 15) is 9.90 Å². The molecule has 0 atom stereocenters. The number of aromatic amines is 1. The van der Waals surface area contributed by atoms with Crippen LogP contribution in [0.5, 0.6) is 0 Å². The fourth-order valence-electron chi connectivity index (χ4n) is 2.10. The molecule has 0 amide bonds. The van der Waals surface area contributed by atoms with Crippen molar-refractivity contribution >= 4 is 34.4 Å². The molecule has 2 rings (SSSR count). The molecule has 0 aliphatic carbocycles. The highest BCUT2D eigenvalue weighted by atomic mass is 32.1. The van der Waals surface area contributed by atoms with Gasteiger partial charge in [-0.15, -0.1) is 12.6 Å². The third-order valence-electron chi connectivity index (χ3n) is 3.04. The molecule has 0 spiro atoms. The van der Waals surface area contributed by atoms with E-state index < -0.39 is 5.97 Å². The molecular weight excluding hydrogens is 296 g/mol. The lowest BCUT2D eigenvalue weighted by atomic mass is 10.0. The second kappa shape index (κ2) is 6.95. The van der Waals surface area contributed by atoms with Crippen LogP contribution in [0, 0.1) is 0 Å². The Morgan fingerprint density at radius 3 is 2.86 bits per heavy atom. The largest absolute Gasteiger partial charge is 0.478 e. The van der Waals surface area contributed by atoms with Crippen molar-refractivity contribution in [3.05, 3.63) is 72.0 Å². The van der Waals surface area contributed by atoms with E-state index >= 15 is 0 Å². The summed E-state index contributed by atoms with van der Waals surface area (Å²) in [4.78, 5) is 11.9. The summed E-state index contributed by atoms with van der Waals surface area (Å²) in [7, 11) is 0. The molecule has 5 heteroatoms. The molecule has 0 unspecified atom stereocenters. The molecule has 22 heavy (non-hydrogen) atoms. The van der Waals surface area contributed by atoms with E-state index in [4.69, 9.17) is 0 Å². The average Bonchev–Trinajstić information content (AvgIpc) is 2.94. The average molecular weight is 312 g/mol. The van der Waals surface area contributed by atoms with Gasteiger partial charge < -0.3 is 5.11 Å². The maximum atomic E-state index is 11.3. The minimum absolute atomic E-state index is 0.198. The second-order valence-corrected chi connectivity index (χ2v) is 5.08. The summed E-state index contributed by atoms with van der Waals surface area (Å²) in [5.74, 6) is -0.985. The summed E-state index contributed by atoms with van der Waals surface area (Å²) < 4.78 is 0. The molecule has 112 valence electrons. The number of nitrogens with zero attached hydrogens (tertiary/aromatic N) is 1. The first-order valence-corrected chi connectivity index (χ1v) is 7.08. The molecule has 0 bridgehead atoms. The van der Waals surface area contributed by atoms with Gasteiger partial charge in [-0.2, -0.15) is 5.10 Å². The molecule has 0 saturated carbocycles. The van der Waals surface area contributed by atoms with Crippen LogP contribution in [0.2, 0.25) is 0 Å². The van der Waals surface area contributed by atoms with Gasteiger partial charge >= 0.3 is 5.97 Å². The highest BCUT2D eigenvalue weighted by Crippen LogP contribution is 2.29. The van der Waals surface area contributed by atoms with Gasteiger partial charge in [-0.25, -0.2) is 4.79 Å². The summed E-state index contributed by atoms with van der Waals surface area (Å²) in [5, 5.41) is 16.8. The molecule has 0 radical (unpaired) electrons. The van der Waals surface area contributed by atoms with Crippen molar-refractivity contribution in [3.63, 3.8) is 0 Å². The number of H-pyrrole nitrogens is 1. The first-order valence-electron chi connectivity index (χ1n) is 6.63. The standard InChI is InChI=1S/C17H16N2O2S/c1-3-5-11(6-4-2)7-15(22)14-9-12(17(20)21)8-13-10-18-19-16(13)14/h3-10,22H,1H2,2H3,(H,18,19)(H,20,21)/b6-4-,11-5+,15-7-. The molecule has 0 saturated heterocycles. The Bertz CT molecular complexity index is 813. The molecule has 1 aromatic heterocycles. The molecular formula is C17H16N2O2S. The summed E-state index contributed by atoms with van der Waals surface area (Å²) in [6.45, 7) is 5.60. The van der Waals surface area contributed by atoms with Crippen LogP contribution in [-0.4, -0.2) is 21.3 Å². The fourth-order valence-corrected chi connectivity index (χ4v) is 2.42. The van der Waals surface area contributed by atoms with E-state index in [1.165, 1.54) is 0 Å². The van der Waals surface area contributed by atoms with E-state index in [0.717, 1.165) is 16.5 Å². The number of thiol groups is 1. The van der Waals surface area contributed by atoms with Crippen LogP contribution >= 0.6 is 12.6 Å². The van der Waals surface area contributed by atoms with Crippen LogP contribution in [0.1, 0.15) is 22.8 Å². The number of carboxylic acid groups (broad SMARTS) is 1. The van der Waals surface area contributed by atoms with Gasteiger partial charge in [0.25, 0.3) is 0 Å². The van der Waals surface area contributed by atoms with E-state index in [1.54, 1.807) is 24.4 Å². The lowest BCUT2D eigenvalue weighted by Gasteiger charge is -2.06. The molecule has 1 heterocycles. The Morgan fingerprint density at radius 1 is 1.45 bits per heavy atom. The third-order valence-corrected chi connectivity index (χ3v) is 3.41. The zero-order valence-electron chi connectivity index (χ0n) is 12.1. The van der Waals surface area contributed by atoms with E-state index in [0.29, 0.717) is 10.5 Å². The number of hydrogen-bond acceptors (Lipinski definition) is 3. The maximum absolute atomic E-state index is 11.3. The Labute approximate surface area is 134 Å². The Hall–Kier alpha value is -2.53. The van der Waals surface area contributed by atoms with Crippen molar-refractivity contribution in [1.29, 1.82) is 0 Å². The number of aromatic nitrogens is 2. The Kier molecular flexibility index (Phi) is 5.01. The Morgan fingerprint density at radius 2 is 2.23 bits per heavy atom. The lowest BCUT2D eigenvalue weighted by molar-refractivity contribution is 0.0697. The van der Waals surface area contributed by atoms with Gasteiger partial charge in [0, 0.05) is 15.9 Å². The number of nitrogens with one attached hydrogen (secondary N) is 1. The Balaban J connectivity index is 2.61. The SMILES string of the molecule is C=C/C=C(\C=C/C)/C=C(\S)c1cc(C(=O)O)cc2cn[nH]c12. The highest BCUT2D eigenvalue weighted by molar-refractivity contribution is 7.90. The number of rotatable bonds is 5. The van der Waals surface area contributed by atoms with Crippen LogP contribution in [0.4, 0.5) is 0 Å². The third kappa shape index (κ3) is 3.38. The summed E-state index contributed by atoms with van der Waals surface area (Å²) in [6, 6.07) is 3.17. The van der Waals surface area contributed by atoms with E-state index in [-0.39, 0.29) is 5.56 Å². The first-order chi connectivity index (χ1) is 10.6. The second-order valence-electron chi connectivity index (χ2n) is 4.60. The van der Waals surface area contributed by atoms with Gasteiger partial charge in [0.1, 0.15) is 0 Å². The molecule has 0 aliphatic heterocycles. The first kappa shape index (κ1) is 15.9. The van der Waals surface area contributed by atoms with Crippen molar-refractivity contribution in [1.82, 2.24) is 10.2 Å². The van der Waals surface area contributed by atoms with E-state index in [2.05, 4.69) is 29.4 Å². The summed E-state index contributed by atoms with van der Waals surface area (Å²) in [5.41, 5.74) is 2.56. The molecule has 2 N–H and O–H groups in total. The number of benzene rings is 1. The summed E-state index contributed by atoms with van der Waals surface area (Å²) >= 11 is 4.52. The molecule has 0 fully saturated rings. The topological polar surface area (TPSA) is 66.0 Å². The predicted octanol–water partition coefficient (Wildman–Crippen LogP) is 4.22. The maximum Gasteiger partial charge on any atom is 0.335 e. The molecule has 4 nitrogen and oxygen atoms in total. The predicted molar refractivity (Wildman–Crippen MR) is 93.1 cm³/mol. The number of aromatic carboxylic acids is 1. The quantitative estimate of drug-likeness (QED) is 0.572. The fraction of sp³-hybridized carbons (Fsp3) is 0.0588. The van der Waals surface area contributed by atoms with Crippen molar-refractivity contribution in [2.75, 3.05) is 0 Å². The van der Waals surface area contributed by atoms with Gasteiger partial charge in [0.2, 0.25) is 0 Å². The normalized spacial score (nSPS) is 13.0. The van der Waals surface area contributed by atoms with Crippen molar-refractivity contribution < 1.29 is 9.90 Å². The van der Waals surface area contributed by atoms with Crippen LogP contribution < -0.4 is 0 Å². The van der Waals surface area contributed by atoms with Crippen LogP contribution in [0.25, 0.3) is 15.8 Å². The van der Waals surface area contributed by atoms with Gasteiger partial charge in [0.15, 0.2) is 0 Å². The monoisotopic (exact) mass is 312 g/mol. The number of fused-ring (bicyclic) bond motifs is 1. The zero-order chi connectivity index (χ0) is 16.1. The number of carboxylic acids is 1.